The van der Waals surface area contributed by atoms with Crippen molar-refractivity contribution in [1.82, 2.24) is 0 Å². The number of hydrogen-bond donors (Lipinski definition) is 1. The van der Waals surface area contributed by atoms with Gasteiger partial charge in [-0.2, -0.15) is 0 Å². The average molecular weight is 336 g/mol. The normalized spacial score (nSPS) is 14.3. The number of benzene rings is 2. The molecule has 0 aliphatic carbocycles. The molecule has 0 fully saturated rings. The van der Waals surface area contributed by atoms with Gasteiger partial charge in [0.1, 0.15) is 5.71 Å². The lowest BCUT2D eigenvalue weighted by Crippen LogP contribution is -2.13. The minimum absolute atomic E-state index is 0.219. The van der Waals surface area contributed by atoms with Gasteiger partial charge in [-0.05, 0) is 49.7 Å². The van der Waals surface area contributed by atoms with Crippen molar-refractivity contribution in [3.8, 4) is 0 Å². The van der Waals surface area contributed by atoms with Gasteiger partial charge >= 0.3 is 5.97 Å². The zero-order valence-electron chi connectivity index (χ0n) is 14.3. The van der Waals surface area contributed by atoms with Crippen LogP contribution < -0.4 is 5.32 Å². The van der Waals surface area contributed by atoms with E-state index >= 15 is 0 Å². The maximum atomic E-state index is 12.2. The Labute approximate surface area is 146 Å². The minimum Gasteiger partial charge on any atom is -0.462 e. The van der Waals surface area contributed by atoms with Crippen LogP contribution in [0.3, 0.4) is 0 Å². The Morgan fingerprint density at radius 1 is 1.16 bits per heavy atom. The molecule has 1 aliphatic rings. The number of aliphatic imine (C=N–C) groups is 1. The van der Waals surface area contributed by atoms with Crippen LogP contribution in [-0.4, -0.2) is 24.2 Å². The van der Waals surface area contributed by atoms with Crippen molar-refractivity contribution < 1.29 is 14.3 Å². The number of aryl methyl sites for hydroxylation is 1. The van der Waals surface area contributed by atoms with Crippen molar-refractivity contribution in [2.75, 3.05) is 11.9 Å². The fraction of sp³-hybridized carbons (Fsp3) is 0.250. The fourth-order valence-corrected chi connectivity index (χ4v) is 2.57. The summed E-state index contributed by atoms with van der Waals surface area (Å²) in [5.41, 5.74) is 4.11. The molecule has 0 bridgehead atoms. The molecule has 2 aromatic carbocycles. The van der Waals surface area contributed by atoms with Crippen molar-refractivity contribution in [1.29, 1.82) is 0 Å². The molecule has 0 saturated heterocycles. The zero-order chi connectivity index (χ0) is 17.8. The van der Waals surface area contributed by atoms with Crippen LogP contribution in [0.25, 0.3) is 0 Å². The molecule has 0 radical (unpaired) electrons. The first kappa shape index (κ1) is 16.9. The number of unbranched alkanes of at least 4 members (excludes halogenated alkanes) is 1. The van der Waals surface area contributed by atoms with Crippen molar-refractivity contribution in [3.63, 3.8) is 0 Å². The molecule has 128 valence electrons. The highest BCUT2D eigenvalue weighted by molar-refractivity contribution is 6.54. The van der Waals surface area contributed by atoms with Gasteiger partial charge in [-0.3, -0.25) is 4.79 Å². The summed E-state index contributed by atoms with van der Waals surface area (Å²) in [6.07, 6.45) is 1.83. The van der Waals surface area contributed by atoms with Crippen LogP contribution in [0.15, 0.2) is 47.5 Å². The van der Waals surface area contributed by atoms with E-state index in [1.165, 1.54) is 0 Å². The highest BCUT2D eigenvalue weighted by Gasteiger charge is 2.25. The van der Waals surface area contributed by atoms with Gasteiger partial charge in [0, 0.05) is 5.56 Å². The van der Waals surface area contributed by atoms with Gasteiger partial charge in [0.05, 0.1) is 23.5 Å². The molecule has 1 amide bonds. The Kier molecular flexibility index (Phi) is 4.93. The monoisotopic (exact) mass is 336 g/mol. The Balaban J connectivity index is 1.80. The molecule has 3 rings (SSSR count). The molecule has 2 aromatic rings. The first-order chi connectivity index (χ1) is 12.1. The number of anilines is 1. The summed E-state index contributed by atoms with van der Waals surface area (Å²) in [6, 6.07) is 12.5. The summed E-state index contributed by atoms with van der Waals surface area (Å²) >= 11 is 0. The third-order valence-electron chi connectivity index (χ3n) is 3.97. The van der Waals surface area contributed by atoms with Gasteiger partial charge in [0.2, 0.25) is 0 Å². The first-order valence-corrected chi connectivity index (χ1v) is 8.36. The molecule has 0 atom stereocenters. The van der Waals surface area contributed by atoms with Crippen LogP contribution in [-0.2, 0) is 9.53 Å². The standard InChI is InChI=1S/C20H20N2O3/c1-3-4-11-25-20(24)14-6-8-15(9-7-14)21-18-16-12-13(2)5-10-17(16)22-19(18)23/h5-10,12H,3-4,11H2,1-2H3,(H,21,22,23). The van der Waals surface area contributed by atoms with Gasteiger partial charge in [-0.15, -0.1) is 0 Å². The number of fused-ring (bicyclic) bond motifs is 1. The lowest BCUT2D eigenvalue weighted by atomic mass is 10.1. The quantitative estimate of drug-likeness (QED) is 0.662. The van der Waals surface area contributed by atoms with E-state index in [1.807, 2.05) is 32.0 Å². The van der Waals surface area contributed by atoms with Crippen LogP contribution in [0.1, 0.15) is 41.3 Å². The predicted octanol–water partition coefficient (Wildman–Crippen LogP) is 4.02. The molecule has 25 heavy (non-hydrogen) atoms. The molecule has 5 nitrogen and oxygen atoms in total. The van der Waals surface area contributed by atoms with Crippen molar-refractivity contribution >= 4 is 29.0 Å². The van der Waals surface area contributed by atoms with E-state index in [0.717, 1.165) is 29.7 Å². The Morgan fingerprint density at radius 2 is 1.92 bits per heavy atom. The first-order valence-electron chi connectivity index (χ1n) is 8.36. The smallest absolute Gasteiger partial charge is 0.338 e. The molecule has 1 heterocycles. The van der Waals surface area contributed by atoms with E-state index in [-0.39, 0.29) is 11.9 Å². The molecule has 0 spiro atoms. The Bertz CT molecular complexity index is 839. The van der Waals surface area contributed by atoms with Crippen molar-refractivity contribution in [2.45, 2.75) is 26.7 Å². The molecule has 1 aliphatic heterocycles. The Morgan fingerprint density at radius 3 is 2.64 bits per heavy atom. The molecule has 0 saturated carbocycles. The predicted molar refractivity (Wildman–Crippen MR) is 97.6 cm³/mol. The Hall–Kier alpha value is -2.95. The summed E-state index contributed by atoms with van der Waals surface area (Å²) in [6.45, 7) is 4.44. The molecule has 1 N–H and O–H groups in total. The number of ether oxygens (including phenoxy) is 1. The van der Waals surface area contributed by atoms with Gasteiger partial charge in [0.15, 0.2) is 0 Å². The zero-order valence-corrected chi connectivity index (χ0v) is 14.3. The number of amides is 1. The molecule has 0 unspecified atom stereocenters. The third-order valence-corrected chi connectivity index (χ3v) is 3.97. The second-order valence-corrected chi connectivity index (χ2v) is 6.00. The number of nitrogens with one attached hydrogen (secondary N) is 1. The number of nitrogens with zero attached hydrogens (tertiary/aromatic N) is 1. The van der Waals surface area contributed by atoms with Crippen LogP contribution in [0, 0.1) is 6.92 Å². The number of carbonyl (C=O) groups excluding carboxylic acids is 2. The fourth-order valence-electron chi connectivity index (χ4n) is 2.57. The van der Waals surface area contributed by atoms with Gasteiger partial charge in [-0.1, -0.05) is 25.0 Å². The van der Waals surface area contributed by atoms with E-state index in [9.17, 15) is 9.59 Å². The largest absolute Gasteiger partial charge is 0.462 e. The summed E-state index contributed by atoms with van der Waals surface area (Å²) < 4.78 is 5.18. The minimum atomic E-state index is -0.341. The number of hydrogen-bond acceptors (Lipinski definition) is 4. The van der Waals surface area contributed by atoms with Gasteiger partial charge in [0.25, 0.3) is 5.91 Å². The van der Waals surface area contributed by atoms with Gasteiger partial charge in [-0.25, -0.2) is 9.79 Å². The second kappa shape index (κ2) is 7.30. The highest BCUT2D eigenvalue weighted by Crippen LogP contribution is 2.26. The average Bonchev–Trinajstić information content (AvgIpc) is 2.91. The summed E-state index contributed by atoms with van der Waals surface area (Å²) in [4.78, 5) is 28.5. The maximum Gasteiger partial charge on any atom is 0.338 e. The number of esters is 1. The molecular weight excluding hydrogens is 316 g/mol. The second-order valence-electron chi connectivity index (χ2n) is 6.00. The van der Waals surface area contributed by atoms with E-state index in [1.54, 1.807) is 24.3 Å². The van der Waals surface area contributed by atoms with Crippen LogP contribution in [0.5, 0.6) is 0 Å². The summed E-state index contributed by atoms with van der Waals surface area (Å²) in [5.74, 6) is -0.559. The third kappa shape index (κ3) is 3.76. The SMILES string of the molecule is CCCCOC(=O)c1ccc(N=C2C(=O)Nc3ccc(C)cc32)cc1. The lowest BCUT2D eigenvalue weighted by Gasteiger charge is -2.04. The summed E-state index contributed by atoms with van der Waals surface area (Å²) in [7, 11) is 0. The van der Waals surface area contributed by atoms with E-state index in [0.29, 0.717) is 23.6 Å². The van der Waals surface area contributed by atoms with E-state index in [2.05, 4.69) is 10.3 Å². The topological polar surface area (TPSA) is 67.8 Å². The highest BCUT2D eigenvalue weighted by atomic mass is 16.5. The molecule has 0 aromatic heterocycles. The van der Waals surface area contributed by atoms with Crippen LogP contribution >= 0.6 is 0 Å². The van der Waals surface area contributed by atoms with E-state index in [4.69, 9.17) is 4.74 Å². The van der Waals surface area contributed by atoms with Gasteiger partial charge < -0.3 is 10.1 Å². The van der Waals surface area contributed by atoms with Crippen LogP contribution in [0.4, 0.5) is 11.4 Å². The lowest BCUT2D eigenvalue weighted by molar-refractivity contribution is -0.110. The number of rotatable bonds is 5. The maximum absolute atomic E-state index is 12.2. The van der Waals surface area contributed by atoms with Crippen LogP contribution in [0.2, 0.25) is 0 Å². The summed E-state index contributed by atoms with van der Waals surface area (Å²) in [5, 5.41) is 2.81. The van der Waals surface area contributed by atoms with Crippen molar-refractivity contribution in [3.05, 3.63) is 59.2 Å². The van der Waals surface area contributed by atoms with Crippen molar-refractivity contribution in [2.24, 2.45) is 4.99 Å². The van der Waals surface area contributed by atoms with E-state index < -0.39 is 0 Å². The molecule has 5 heteroatoms. The number of carbonyl (C=O) groups is 2. The molecular formula is C20H20N2O3.